The summed E-state index contributed by atoms with van der Waals surface area (Å²) < 4.78 is 53.0. The third-order valence-electron chi connectivity index (χ3n) is 3.54. The van der Waals surface area contributed by atoms with E-state index >= 15 is 0 Å². The van der Waals surface area contributed by atoms with Crippen LogP contribution in [0.2, 0.25) is 0 Å². The number of hydrogen-bond acceptors (Lipinski definition) is 6. The number of sulfone groups is 2. The Kier molecular flexibility index (Phi) is 4.38. The van der Waals surface area contributed by atoms with Crippen molar-refractivity contribution in [1.82, 2.24) is 0 Å². The second-order valence-electron chi connectivity index (χ2n) is 4.96. The van der Waals surface area contributed by atoms with Gasteiger partial charge in [0.25, 0.3) is 0 Å². The quantitative estimate of drug-likeness (QED) is 0.743. The van der Waals surface area contributed by atoms with Gasteiger partial charge in [-0.15, -0.1) is 0 Å². The fourth-order valence-electron chi connectivity index (χ4n) is 2.51. The van der Waals surface area contributed by atoms with Gasteiger partial charge in [0.15, 0.2) is 24.9 Å². The van der Waals surface area contributed by atoms with Crippen LogP contribution in [0.1, 0.15) is 6.42 Å². The molecule has 1 saturated heterocycles. The monoisotopic (exact) mass is 332 g/mol. The largest absolute Gasteiger partial charge is 0.468 e. The second-order valence-corrected chi connectivity index (χ2v) is 9.26. The van der Waals surface area contributed by atoms with Gasteiger partial charge in [-0.25, -0.2) is 16.8 Å². The van der Waals surface area contributed by atoms with E-state index in [4.69, 9.17) is 0 Å². The average Bonchev–Trinajstić information content (AvgIpc) is 2.79. The van der Waals surface area contributed by atoms with Gasteiger partial charge < -0.3 is 4.74 Å². The Morgan fingerprint density at radius 1 is 1.29 bits per heavy atom. The van der Waals surface area contributed by atoms with Crippen molar-refractivity contribution in [2.45, 2.75) is 16.6 Å². The molecule has 0 saturated carbocycles. The lowest BCUT2D eigenvalue weighted by atomic mass is 10.1. The van der Waals surface area contributed by atoms with Gasteiger partial charge in [0, 0.05) is 5.92 Å². The van der Waals surface area contributed by atoms with Gasteiger partial charge in [0.05, 0.1) is 23.5 Å². The predicted molar refractivity (Wildman–Crippen MR) is 76.2 cm³/mol. The van der Waals surface area contributed by atoms with Crippen LogP contribution in [0, 0.1) is 5.92 Å². The first kappa shape index (κ1) is 16.0. The van der Waals surface area contributed by atoms with Crippen LogP contribution in [-0.4, -0.2) is 46.7 Å². The summed E-state index contributed by atoms with van der Waals surface area (Å²) in [6.07, 6.45) is 0.147. The predicted octanol–water partition coefficient (Wildman–Crippen LogP) is 0.437. The Balaban J connectivity index is 2.45. The molecule has 1 fully saturated rings. The van der Waals surface area contributed by atoms with E-state index in [1.165, 1.54) is 12.1 Å². The summed E-state index contributed by atoms with van der Waals surface area (Å²) >= 11 is 0. The number of esters is 1. The summed E-state index contributed by atoms with van der Waals surface area (Å²) in [5.41, 5.74) is 0. The minimum Gasteiger partial charge on any atom is -0.468 e. The fraction of sp³-hybridized carbons (Fsp3) is 0.462. The zero-order valence-electron chi connectivity index (χ0n) is 11.4. The molecule has 0 unspecified atom stereocenters. The van der Waals surface area contributed by atoms with Crippen LogP contribution in [0.4, 0.5) is 0 Å². The molecule has 116 valence electrons. The maximum Gasteiger partial charge on any atom is 0.324 e. The van der Waals surface area contributed by atoms with E-state index in [0.717, 1.165) is 7.11 Å². The van der Waals surface area contributed by atoms with Crippen molar-refractivity contribution in [1.29, 1.82) is 0 Å². The van der Waals surface area contributed by atoms with E-state index in [1.807, 2.05) is 0 Å². The molecule has 2 rings (SSSR count). The normalized spacial score (nSPS) is 22.6. The zero-order valence-corrected chi connectivity index (χ0v) is 13.1. The standard InChI is InChI=1S/C13H16O6S2/c1-19-13(14)12(10-7-8-20(15,16)9-10)21(17,18)11-5-3-2-4-6-11/h2-6,10,12H,7-9H2,1H3/t10-,12-/m0/s1. The van der Waals surface area contributed by atoms with Crippen LogP contribution in [0.15, 0.2) is 35.2 Å². The molecule has 8 heteroatoms. The zero-order chi connectivity index (χ0) is 15.7. The van der Waals surface area contributed by atoms with Crippen molar-refractivity contribution in [3.63, 3.8) is 0 Å². The highest BCUT2D eigenvalue weighted by molar-refractivity contribution is 7.93. The molecule has 0 aromatic heterocycles. The smallest absolute Gasteiger partial charge is 0.324 e. The Morgan fingerprint density at radius 3 is 2.38 bits per heavy atom. The Labute approximate surface area is 124 Å². The van der Waals surface area contributed by atoms with E-state index in [1.54, 1.807) is 18.2 Å². The summed E-state index contributed by atoms with van der Waals surface area (Å²) in [6.45, 7) is 0. The van der Waals surface area contributed by atoms with Crippen LogP contribution < -0.4 is 0 Å². The minimum atomic E-state index is -3.98. The second kappa shape index (κ2) is 5.76. The molecule has 0 aliphatic carbocycles. The Hall–Kier alpha value is -1.41. The molecule has 1 aromatic rings. The lowest BCUT2D eigenvalue weighted by Crippen LogP contribution is -2.39. The maximum atomic E-state index is 12.6. The highest BCUT2D eigenvalue weighted by Gasteiger charge is 2.46. The van der Waals surface area contributed by atoms with Gasteiger partial charge >= 0.3 is 5.97 Å². The lowest BCUT2D eigenvalue weighted by Gasteiger charge is -2.20. The summed E-state index contributed by atoms with van der Waals surface area (Å²) in [7, 11) is -6.19. The fourth-order valence-corrected chi connectivity index (χ4v) is 6.39. The van der Waals surface area contributed by atoms with Gasteiger partial charge in [-0.3, -0.25) is 4.79 Å². The number of hydrogen-bond donors (Lipinski definition) is 0. The molecule has 1 aliphatic heterocycles. The third kappa shape index (κ3) is 3.26. The highest BCUT2D eigenvalue weighted by Crippen LogP contribution is 2.30. The van der Waals surface area contributed by atoms with E-state index < -0.39 is 36.8 Å². The number of carbonyl (C=O) groups is 1. The molecule has 1 aromatic carbocycles. The first-order chi connectivity index (χ1) is 9.78. The SMILES string of the molecule is COC(=O)[C@H]([C@H]1CCS(=O)(=O)C1)S(=O)(=O)c1ccccc1. The van der Waals surface area contributed by atoms with E-state index in [2.05, 4.69) is 4.74 Å². The van der Waals surface area contributed by atoms with Crippen LogP contribution in [-0.2, 0) is 29.2 Å². The topological polar surface area (TPSA) is 94.6 Å². The average molecular weight is 332 g/mol. The van der Waals surface area contributed by atoms with Crippen LogP contribution in [0.5, 0.6) is 0 Å². The number of methoxy groups -OCH3 is 1. The first-order valence-corrected chi connectivity index (χ1v) is 9.72. The molecule has 21 heavy (non-hydrogen) atoms. The number of carbonyl (C=O) groups excluding carboxylic acids is 1. The molecule has 1 aliphatic rings. The van der Waals surface area contributed by atoms with Crippen molar-refractivity contribution in [2.75, 3.05) is 18.6 Å². The van der Waals surface area contributed by atoms with Crippen LogP contribution in [0.3, 0.4) is 0 Å². The van der Waals surface area contributed by atoms with E-state index in [9.17, 15) is 21.6 Å². The van der Waals surface area contributed by atoms with Crippen molar-refractivity contribution >= 4 is 25.6 Å². The third-order valence-corrected chi connectivity index (χ3v) is 7.50. The molecule has 0 N–H and O–H groups in total. The van der Waals surface area contributed by atoms with Crippen molar-refractivity contribution < 1.29 is 26.4 Å². The van der Waals surface area contributed by atoms with Crippen LogP contribution in [0.25, 0.3) is 0 Å². The summed E-state index contributed by atoms with van der Waals surface area (Å²) in [6, 6.07) is 7.52. The van der Waals surface area contributed by atoms with Gasteiger partial charge in [0.2, 0.25) is 0 Å². The van der Waals surface area contributed by atoms with Gasteiger partial charge in [-0.1, -0.05) is 18.2 Å². The highest BCUT2D eigenvalue weighted by atomic mass is 32.2. The lowest BCUT2D eigenvalue weighted by molar-refractivity contribution is -0.141. The van der Waals surface area contributed by atoms with Crippen molar-refractivity contribution in [2.24, 2.45) is 5.92 Å². The van der Waals surface area contributed by atoms with Crippen LogP contribution >= 0.6 is 0 Å². The number of ether oxygens (including phenoxy) is 1. The summed E-state index contributed by atoms with van der Waals surface area (Å²) in [4.78, 5) is 11.9. The molecular formula is C13H16O6S2. The van der Waals surface area contributed by atoms with Crippen molar-refractivity contribution in [3.8, 4) is 0 Å². The van der Waals surface area contributed by atoms with Gasteiger partial charge in [-0.05, 0) is 18.6 Å². The maximum absolute atomic E-state index is 12.6. The number of rotatable bonds is 4. The molecule has 1 heterocycles. The summed E-state index contributed by atoms with van der Waals surface area (Å²) in [5, 5.41) is -1.48. The molecule has 0 spiro atoms. The first-order valence-electron chi connectivity index (χ1n) is 6.35. The molecule has 2 atom stereocenters. The minimum absolute atomic E-state index is 0.00954. The van der Waals surface area contributed by atoms with Gasteiger partial charge in [-0.2, -0.15) is 0 Å². The Morgan fingerprint density at radius 2 is 1.90 bits per heavy atom. The van der Waals surface area contributed by atoms with E-state index in [0.29, 0.717) is 0 Å². The number of benzene rings is 1. The molecule has 0 bridgehead atoms. The molecule has 0 radical (unpaired) electrons. The van der Waals surface area contributed by atoms with Gasteiger partial charge in [0.1, 0.15) is 0 Å². The summed E-state index contributed by atoms with van der Waals surface area (Å²) in [5.74, 6) is -2.09. The van der Waals surface area contributed by atoms with E-state index in [-0.39, 0.29) is 22.8 Å². The Bertz CT molecular complexity index is 721. The van der Waals surface area contributed by atoms with Crippen molar-refractivity contribution in [3.05, 3.63) is 30.3 Å². The molecule has 0 amide bonds. The molecular weight excluding hydrogens is 316 g/mol. The molecule has 6 nitrogen and oxygen atoms in total.